The lowest BCUT2D eigenvalue weighted by Crippen LogP contribution is -1.98. The Morgan fingerprint density at radius 1 is 1.20 bits per heavy atom. The molecule has 1 aromatic heterocycles. The highest BCUT2D eigenvalue weighted by Gasteiger charge is 2.29. The van der Waals surface area contributed by atoms with Crippen molar-refractivity contribution in [1.82, 2.24) is 9.97 Å². The van der Waals surface area contributed by atoms with Crippen LogP contribution in [0, 0.1) is 13.8 Å². The first-order chi connectivity index (χ1) is 9.47. The molecule has 0 saturated heterocycles. The van der Waals surface area contributed by atoms with Crippen LogP contribution in [0.5, 0.6) is 5.75 Å². The third-order valence-electron chi connectivity index (χ3n) is 3.55. The molecule has 1 saturated carbocycles. The number of hydrogen-bond acceptors (Lipinski definition) is 3. The van der Waals surface area contributed by atoms with Crippen molar-refractivity contribution in [3.63, 3.8) is 0 Å². The van der Waals surface area contributed by atoms with Gasteiger partial charge in [0.2, 0.25) is 0 Å². The summed E-state index contributed by atoms with van der Waals surface area (Å²) in [6.07, 6.45) is 2.30. The van der Waals surface area contributed by atoms with E-state index in [-0.39, 0.29) is 0 Å². The van der Waals surface area contributed by atoms with Gasteiger partial charge in [0.1, 0.15) is 10.9 Å². The van der Waals surface area contributed by atoms with Crippen molar-refractivity contribution in [2.45, 2.75) is 32.6 Å². The number of benzene rings is 1. The van der Waals surface area contributed by atoms with E-state index in [1.165, 1.54) is 0 Å². The van der Waals surface area contributed by atoms with Gasteiger partial charge in [-0.25, -0.2) is 9.97 Å². The maximum atomic E-state index is 9.85. The normalized spacial score (nSPS) is 14.6. The summed E-state index contributed by atoms with van der Waals surface area (Å²) >= 11 is 9.68. The molecule has 1 N–H and O–H groups in total. The van der Waals surface area contributed by atoms with E-state index in [0.717, 1.165) is 39.7 Å². The lowest BCUT2D eigenvalue weighted by Gasteiger charge is -2.10. The van der Waals surface area contributed by atoms with E-state index in [4.69, 9.17) is 11.6 Å². The van der Waals surface area contributed by atoms with E-state index in [2.05, 4.69) is 25.9 Å². The highest BCUT2D eigenvalue weighted by molar-refractivity contribution is 9.10. The van der Waals surface area contributed by atoms with Gasteiger partial charge in [-0.2, -0.15) is 0 Å². The van der Waals surface area contributed by atoms with Crippen LogP contribution >= 0.6 is 27.5 Å². The zero-order valence-corrected chi connectivity index (χ0v) is 13.6. The van der Waals surface area contributed by atoms with E-state index in [0.29, 0.717) is 22.6 Å². The van der Waals surface area contributed by atoms with Crippen LogP contribution in [-0.2, 0) is 0 Å². The average molecular weight is 354 g/mol. The minimum absolute atomic E-state index is 0.319. The second-order valence-corrected chi connectivity index (χ2v) is 6.42. The van der Waals surface area contributed by atoms with Crippen molar-refractivity contribution in [1.29, 1.82) is 0 Å². The fourth-order valence-electron chi connectivity index (χ4n) is 2.28. The maximum Gasteiger partial charge on any atom is 0.161 e. The molecule has 1 heterocycles. The number of hydrogen-bond donors (Lipinski definition) is 1. The third kappa shape index (κ3) is 2.42. The number of nitrogens with zero attached hydrogens (tertiary/aromatic N) is 2. The van der Waals surface area contributed by atoms with Gasteiger partial charge in [-0.3, -0.25) is 0 Å². The van der Waals surface area contributed by atoms with Gasteiger partial charge < -0.3 is 5.11 Å². The Morgan fingerprint density at radius 2 is 1.80 bits per heavy atom. The van der Waals surface area contributed by atoms with Crippen LogP contribution in [-0.4, -0.2) is 15.1 Å². The molecule has 0 spiro atoms. The molecular formula is C15H14BrClN2O. The number of rotatable bonds is 2. The van der Waals surface area contributed by atoms with Gasteiger partial charge in [-0.15, -0.1) is 0 Å². The molecule has 104 valence electrons. The van der Waals surface area contributed by atoms with E-state index in [1.807, 2.05) is 26.0 Å². The minimum atomic E-state index is 0.319. The number of aromatic nitrogens is 2. The Balaban J connectivity index is 2.15. The topological polar surface area (TPSA) is 46.0 Å². The molecule has 0 amide bonds. The second kappa shape index (κ2) is 5.01. The largest absolute Gasteiger partial charge is 0.507 e. The Kier molecular flexibility index (Phi) is 3.46. The van der Waals surface area contributed by atoms with Crippen molar-refractivity contribution < 1.29 is 5.11 Å². The summed E-state index contributed by atoms with van der Waals surface area (Å²) in [4.78, 5) is 9.00. The molecule has 3 rings (SSSR count). The molecule has 0 radical (unpaired) electrons. The van der Waals surface area contributed by atoms with E-state index in [9.17, 15) is 5.11 Å². The quantitative estimate of drug-likeness (QED) is 0.792. The monoisotopic (exact) mass is 352 g/mol. The molecule has 0 bridgehead atoms. The molecule has 20 heavy (non-hydrogen) atoms. The summed E-state index contributed by atoms with van der Waals surface area (Å²) < 4.78 is 0.803. The van der Waals surface area contributed by atoms with Crippen molar-refractivity contribution in [2.24, 2.45) is 0 Å². The van der Waals surface area contributed by atoms with Crippen molar-refractivity contribution in [3.05, 3.63) is 38.6 Å². The van der Waals surface area contributed by atoms with Gasteiger partial charge in [0.05, 0.1) is 10.2 Å². The summed E-state index contributed by atoms with van der Waals surface area (Å²) in [5.74, 6) is 1.42. The summed E-state index contributed by atoms with van der Waals surface area (Å²) in [5.41, 5.74) is 3.50. The van der Waals surface area contributed by atoms with E-state index < -0.39 is 0 Å². The molecule has 1 aliphatic carbocycles. The summed E-state index contributed by atoms with van der Waals surface area (Å²) in [6, 6.07) is 3.77. The fraction of sp³-hybridized carbons (Fsp3) is 0.333. The van der Waals surface area contributed by atoms with Crippen LogP contribution in [0.25, 0.3) is 11.4 Å². The Bertz CT molecular complexity index is 676. The summed E-state index contributed by atoms with van der Waals surface area (Å²) in [7, 11) is 0. The molecule has 0 atom stereocenters. The van der Waals surface area contributed by atoms with Gasteiger partial charge in [0.15, 0.2) is 5.82 Å². The summed E-state index contributed by atoms with van der Waals surface area (Å²) in [5, 5.41) is 10.3. The average Bonchev–Trinajstić information content (AvgIpc) is 3.22. The van der Waals surface area contributed by atoms with Crippen LogP contribution in [0.2, 0.25) is 5.15 Å². The number of halogens is 2. The Hall–Kier alpha value is -1.13. The zero-order valence-electron chi connectivity index (χ0n) is 11.2. The molecule has 2 aromatic rings. The summed E-state index contributed by atoms with van der Waals surface area (Å²) in [6.45, 7) is 3.74. The lowest BCUT2D eigenvalue weighted by molar-refractivity contribution is 0.467. The molecule has 0 aliphatic heterocycles. The highest BCUT2D eigenvalue weighted by atomic mass is 79.9. The van der Waals surface area contributed by atoms with Gasteiger partial charge in [0, 0.05) is 11.5 Å². The number of aryl methyl sites for hydroxylation is 2. The first-order valence-electron chi connectivity index (χ1n) is 6.51. The first-order valence-corrected chi connectivity index (χ1v) is 7.68. The van der Waals surface area contributed by atoms with Crippen LogP contribution in [0.15, 0.2) is 16.6 Å². The van der Waals surface area contributed by atoms with E-state index in [1.54, 1.807) is 0 Å². The predicted octanol–water partition coefficient (Wildman–Crippen LogP) is 4.76. The Morgan fingerprint density at radius 3 is 2.35 bits per heavy atom. The van der Waals surface area contributed by atoms with Crippen molar-refractivity contribution in [2.75, 3.05) is 0 Å². The molecule has 0 unspecified atom stereocenters. The van der Waals surface area contributed by atoms with E-state index >= 15 is 0 Å². The lowest BCUT2D eigenvalue weighted by atomic mass is 10.1. The standard InChI is InChI=1S/C15H14BrClN2O/c1-7-5-10(6-8(2)13(7)20)15-18-12(9-3-4-9)11(16)14(17)19-15/h5-6,9,20H,3-4H2,1-2H3. The molecule has 1 fully saturated rings. The number of aromatic hydroxyl groups is 1. The maximum absolute atomic E-state index is 9.85. The van der Waals surface area contributed by atoms with Crippen LogP contribution in [0.4, 0.5) is 0 Å². The fourth-order valence-corrected chi connectivity index (χ4v) is 2.96. The minimum Gasteiger partial charge on any atom is -0.507 e. The van der Waals surface area contributed by atoms with Gasteiger partial charge in [-0.05, 0) is 65.9 Å². The second-order valence-electron chi connectivity index (χ2n) is 5.27. The van der Waals surface area contributed by atoms with Gasteiger partial charge >= 0.3 is 0 Å². The van der Waals surface area contributed by atoms with Crippen molar-refractivity contribution >= 4 is 27.5 Å². The van der Waals surface area contributed by atoms with Gasteiger partial charge in [-0.1, -0.05) is 11.6 Å². The number of phenols is 1. The van der Waals surface area contributed by atoms with Crippen LogP contribution in [0.1, 0.15) is 35.6 Å². The highest BCUT2D eigenvalue weighted by Crippen LogP contribution is 2.44. The van der Waals surface area contributed by atoms with Crippen LogP contribution < -0.4 is 0 Å². The van der Waals surface area contributed by atoms with Crippen molar-refractivity contribution in [3.8, 4) is 17.1 Å². The Labute approximate surface area is 131 Å². The van der Waals surface area contributed by atoms with Crippen LogP contribution in [0.3, 0.4) is 0 Å². The third-order valence-corrected chi connectivity index (χ3v) is 4.83. The first kappa shape index (κ1) is 13.8. The number of phenolic OH excluding ortho intramolecular Hbond substituents is 1. The molecule has 3 nitrogen and oxygen atoms in total. The molecule has 1 aliphatic rings. The molecular weight excluding hydrogens is 340 g/mol. The SMILES string of the molecule is Cc1cc(-c2nc(Cl)c(Br)c(C3CC3)n2)cc(C)c1O. The van der Waals surface area contributed by atoms with Gasteiger partial charge in [0.25, 0.3) is 0 Å². The molecule has 1 aromatic carbocycles. The molecule has 5 heteroatoms. The zero-order chi connectivity index (χ0) is 14.4. The smallest absolute Gasteiger partial charge is 0.161 e. The predicted molar refractivity (Wildman–Crippen MR) is 83.3 cm³/mol.